The van der Waals surface area contributed by atoms with Crippen LogP contribution in [0.5, 0.6) is 0 Å². The SMILES string of the molecule is CO[C@H]1C[C@@H](N)C2(CCN(c3nc(C)c(-c4cccc(Cl)c4Cl)c(C(N)=O)n3)CC2)C1. The Labute approximate surface area is 192 Å². The molecule has 1 aliphatic heterocycles. The van der Waals surface area contributed by atoms with Crippen LogP contribution in [0.2, 0.25) is 10.0 Å². The van der Waals surface area contributed by atoms with E-state index in [1.54, 1.807) is 25.3 Å². The third kappa shape index (κ3) is 4.00. The highest BCUT2D eigenvalue weighted by atomic mass is 35.5. The second kappa shape index (κ2) is 8.54. The lowest BCUT2D eigenvalue weighted by Crippen LogP contribution is -2.47. The zero-order valence-corrected chi connectivity index (χ0v) is 19.2. The van der Waals surface area contributed by atoms with E-state index in [9.17, 15) is 4.79 Å². The zero-order valence-electron chi connectivity index (χ0n) is 17.7. The molecule has 0 radical (unpaired) electrons. The maximum atomic E-state index is 12.3. The van der Waals surface area contributed by atoms with Crippen molar-refractivity contribution in [1.29, 1.82) is 0 Å². The fourth-order valence-corrected chi connectivity index (χ4v) is 5.42. The van der Waals surface area contributed by atoms with Crippen molar-refractivity contribution in [3.8, 4) is 11.1 Å². The molecule has 31 heavy (non-hydrogen) atoms. The number of amides is 1. The van der Waals surface area contributed by atoms with Crippen molar-refractivity contribution in [1.82, 2.24) is 9.97 Å². The van der Waals surface area contributed by atoms with E-state index in [1.165, 1.54) is 0 Å². The molecule has 4 N–H and O–H groups in total. The molecule has 1 aromatic heterocycles. The van der Waals surface area contributed by atoms with Gasteiger partial charge in [-0.05, 0) is 44.1 Å². The summed E-state index contributed by atoms with van der Waals surface area (Å²) in [6, 6.07) is 5.37. The molecule has 2 atom stereocenters. The number of primary amides is 1. The van der Waals surface area contributed by atoms with E-state index in [2.05, 4.69) is 9.88 Å². The summed E-state index contributed by atoms with van der Waals surface area (Å²) >= 11 is 12.6. The molecule has 1 spiro atoms. The number of piperidine rings is 1. The summed E-state index contributed by atoms with van der Waals surface area (Å²) in [5, 5.41) is 0.732. The van der Waals surface area contributed by atoms with Gasteiger partial charge in [0.15, 0.2) is 0 Å². The Hall–Kier alpha value is -1.93. The number of aryl methyl sites for hydroxylation is 1. The van der Waals surface area contributed by atoms with Crippen LogP contribution in [0.25, 0.3) is 11.1 Å². The monoisotopic (exact) mass is 463 g/mol. The quantitative estimate of drug-likeness (QED) is 0.716. The summed E-state index contributed by atoms with van der Waals surface area (Å²) in [4.78, 5) is 23.7. The number of rotatable bonds is 4. The largest absolute Gasteiger partial charge is 0.381 e. The Kier molecular flexibility index (Phi) is 6.14. The van der Waals surface area contributed by atoms with E-state index in [4.69, 9.17) is 44.4 Å². The summed E-state index contributed by atoms with van der Waals surface area (Å²) in [5.74, 6) is -0.134. The minimum Gasteiger partial charge on any atom is -0.381 e. The third-order valence-corrected chi connectivity index (χ3v) is 7.66. The Balaban J connectivity index is 1.64. The van der Waals surface area contributed by atoms with Crippen LogP contribution >= 0.6 is 23.2 Å². The maximum absolute atomic E-state index is 12.3. The third-order valence-electron chi connectivity index (χ3n) is 6.85. The van der Waals surface area contributed by atoms with Crippen molar-refractivity contribution >= 4 is 35.1 Å². The number of hydrogen-bond donors (Lipinski definition) is 2. The summed E-state index contributed by atoms with van der Waals surface area (Å²) < 4.78 is 5.56. The summed E-state index contributed by atoms with van der Waals surface area (Å²) in [6.07, 6.45) is 3.97. The second-order valence-corrected chi connectivity index (χ2v) is 9.34. The Morgan fingerprint density at radius 1 is 1.26 bits per heavy atom. The number of nitrogens with zero attached hydrogens (tertiary/aromatic N) is 3. The summed E-state index contributed by atoms with van der Waals surface area (Å²) in [7, 11) is 1.75. The first-order valence-corrected chi connectivity index (χ1v) is 11.2. The number of anilines is 1. The number of carbonyl (C=O) groups excluding carboxylic acids is 1. The van der Waals surface area contributed by atoms with Crippen LogP contribution in [0.3, 0.4) is 0 Å². The van der Waals surface area contributed by atoms with Crippen molar-refractivity contribution in [3.05, 3.63) is 39.6 Å². The molecule has 1 saturated heterocycles. The topological polar surface area (TPSA) is 107 Å². The van der Waals surface area contributed by atoms with Crippen LogP contribution in [0.4, 0.5) is 5.95 Å². The molecule has 166 valence electrons. The van der Waals surface area contributed by atoms with Crippen LogP contribution in [-0.2, 0) is 4.74 Å². The number of methoxy groups -OCH3 is 1. The van der Waals surface area contributed by atoms with E-state index in [0.717, 1.165) is 38.8 Å². The molecule has 0 bridgehead atoms. The molecule has 1 aliphatic carbocycles. The highest BCUT2D eigenvalue weighted by Gasteiger charge is 2.47. The predicted octanol–water partition coefficient (Wildman–Crippen LogP) is 3.58. The molecule has 2 heterocycles. The van der Waals surface area contributed by atoms with Gasteiger partial charge in [0.05, 0.1) is 21.8 Å². The van der Waals surface area contributed by atoms with E-state index < -0.39 is 5.91 Å². The molecule has 2 aromatic rings. The second-order valence-electron chi connectivity index (χ2n) is 8.55. The van der Waals surface area contributed by atoms with E-state index in [1.807, 2.05) is 6.92 Å². The van der Waals surface area contributed by atoms with E-state index in [0.29, 0.717) is 32.8 Å². The average molecular weight is 464 g/mol. The molecule has 4 rings (SSSR count). The smallest absolute Gasteiger partial charge is 0.268 e. The molecule has 0 unspecified atom stereocenters. The number of carbonyl (C=O) groups is 1. The fourth-order valence-electron chi connectivity index (χ4n) is 5.03. The predicted molar refractivity (Wildman–Crippen MR) is 123 cm³/mol. The number of nitrogens with two attached hydrogens (primary N) is 2. The van der Waals surface area contributed by atoms with Gasteiger partial charge in [-0.3, -0.25) is 4.79 Å². The molecule has 9 heteroatoms. The molecular weight excluding hydrogens is 437 g/mol. The first-order valence-electron chi connectivity index (χ1n) is 10.4. The molecule has 1 amide bonds. The van der Waals surface area contributed by atoms with Crippen LogP contribution in [0.1, 0.15) is 41.9 Å². The minimum absolute atomic E-state index is 0.0903. The van der Waals surface area contributed by atoms with Crippen LogP contribution in [-0.4, -0.2) is 48.2 Å². The van der Waals surface area contributed by atoms with Crippen molar-refractivity contribution < 1.29 is 9.53 Å². The van der Waals surface area contributed by atoms with Gasteiger partial charge in [-0.25, -0.2) is 9.97 Å². The Bertz CT molecular complexity index is 1010. The molecule has 2 fully saturated rings. The number of halogens is 2. The molecule has 2 aliphatic rings. The Morgan fingerprint density at radius 3 is 2.58 bits per heavy atom. The highest BCUT2D eigenvalue weighted by Crippen LogP contribution is 2.47. The molecule has 1 saturated carbocycles. The van der Waals surface area contributed by atoms with Crippen LogP contribution in [0.15, 0.2) is 18.2 Å². The Morgan fingerprint density at radius 2 is 1.97 bits per heavy atom. The van der Waals surface area contributed by atoms with Gasteiger partial charge in [0, 0.05) is 37.4 Å². The lowest BCUT2D eigenvalue weighted by atomic mass is 9.74. The van der Waals surface area contributed by atoms with Gasteiger partial charge in [-0.2, -0.15) is 0 Å². The number of aromatic nitrogens is 2. The van der Waals surface area contributed by atoms with Gasteiger partial charge in [0.2, 0.25) is 5.95 Å². The average Bonchev–Trinajstić information content (AvgIpc) is 3.05. The van der Waals surface area contributed by atoms with Crippen LogP contribution in [0, 0.1) is 12.3 Å². The van der Waals surface area contributed by atoms with Crippen molar-refractivity contribution in [2.24, 2.45) is 16.9 Å². The van der Waals surface area contributed by atoms with Crippen LogP contribution < -0.4 is 16.4 Å². The van der Waals surface area contributed by atoms with Gasteiger partial charge < -0.3 is 21.1 Å². The minimum atomic E-state index is -0.632. The number of hydrogen-bond acceptors (Lipinski definition) is 6. The van der Waals surface area contributed by atoms with Gasteiger partial charge >= 0.3 is 0 Å². The molecule has 1 aromatic carbocycles. The zero-order chi connectivity index (χ0) is 22.3. The normalized spacial score (nSPS) is 22.8. The molecular formula is C22H27Cl2N5O2. The summed E-state index contributed by atoms with van der Waals surface area (Å²) in [6.45, 7) is 3.35. The first kappa shape index (κ1) is 22.3. The highest BCUT2D eigenvalue weighted by molar-refractivity contribution is 6.43. The standard InChI is InChI=1S/C22H27Cl2N5O2/c1-12-17(14-4-3-5-15(23)18(14)24)19(20(26)30)28-21(27-12)29-8-6-22(7-9-29)11-13(31-2)10-16(22)25/h3-5,13,16H,6-11,25H2,1-2H3,(H2,26,30)/t13-,16+/m0/s1. The van der Waals surface area contributed by atoms with Crippen molar-refractivity contribution in [2.75, 3.05) is 25.1 Å². The van der Waals surface area contributed by atoms with Gasteiger partial charge in [0.25, 0.3) is 5.91 Å². The lowest BCUT2D eigenvalue weighted by Gasteiger charge is -2.42. The maximum Gasteiger partial charge on any atom is 0.268 e. The lowest BCUT2D eigenvalue weighted by molar-refractivity contribution is 0.0890. The van der Waals surface area contributed by atoms with Gasteiger partial charge in [-0.15, -0.1) is 0 Å². The van der Waals surface area contributed by atoms with Gasteiger partial charge in [-0.1, -0.05) is 35.3 Å². The van der Waals surface area contributed by atoms with Gasteiger partial charge in [0.1, 0.15) is 5.69 Å². The number of ether oxygens (including phenoxy) is 1. The van der Waals surface area contributed by atoms with E-state index >= 15 is 0 Å². The summed E-state index contributed by atoms with van der Waals surface area (Å²) in [5.41, 5.74) is 14.1. The number of benzene rings is 1. The van der Waals surface area contributed by atoms with Crippen molar-refractivity contribution in [2.45, 2.75) is 44.8 Å². The molecule has 7 nitrogen and oxygen atoms in total. The fraction of sp³-hybridized carbons (Fsp3) is 0.500. The first-order chi connectivity index (χ1) is 14.8. The van der Waals surface area contributed by atoms with E-state index in [-0.39, 0.29) is 23.3 Å². The van der Waals surface area contributed by atoms with Crippen molar-refractivity contribution in [3.63, 3.8) is 0 Å².